The Labute approximate surface area is 119 Å². The Balaban J connectivity index is 1.90. The highest BCUT2D eigenvalue weighted by molar-refractivity contribution is 7.15. The van der Waals surface area contributed by atoms with Crippen LogP contribution in [0.1, 0.15) is 5.69 Å². The molecule has 0 saturated heterocycles. The molecule has 0 bridgehead atoms. The molecule has 1 aromatic carbocycles. The molecule has 0 saturated carbocycles. The first kappa shape index (κ1) is 12.2. The SMILES string of the molecule is CN(/N=C/c1c(Cl)nc2sccn12)c1ccccc1. The fourth-order valence-corrected chi connectivity index (χ4v) is 2.74. The molecule has 3 aromatic rings. The molecule has 2 aromatic heterocycles. The number of aromatic nitrogens is 2. The van der Waals surface area contributed by atoms with E-state index < -0.39 is 0 Å². The molecule has 0 aliphatic carbocycles. The van der Waals surface area contributed by atoms with Gasteiger partial charge in [0.05, 0.1) is 11.9 Å². The molecule has 96 valence electrons. The maximum atomic E-state index is 6.10. The number of rotatable bonds is 3. The average Bonchev–Trinajstić information content (AvgIpc) is 2.98. The van der Waals surface area contributed by atoms with Gasteiger partial charge in [-0.25, -0.2) is 4.98 Å². The summed E-state index contributed by atoms with van der Waals surface area (Å²) in [6, 6.07) is 9.92. The van der Waals surface area contributed by atoms with E-state index >= 15 is 0 Å². The summed E-state index contributed by atoms with van der Waals surface area (Å²) in [4.78, 5) is 5.13. The van der Waals surface area contributed by atoms with Gasteiger partial charge in [-0.05, 0) is 12.1 Å². The number of imidazole rings is 1. The maximum Gasteiger partial charge on any atom is 0.195 e. The summed E-state index contributed by atoms with van der Waals surface area (Å²) in [5.74, 6) is 0. The van der Waals surface area contributed by atoms with Crippen molar-refractivity contribution < 1.29 is 0 Å². The number of hydrogen-bond donors (Lipinski definition) is 0. The average molecular weight is 291 g/mol. The van der Waals surface area contributed by atoms with Gasteiger partial charge in [-0.2, -0.15) is 5.10 Å². The normalized spacial score (nSPS) is 11.5. The Kier molecular flexibility index (Phi) is 3.23. The third-order valence-electron chi connectivity index (χ3n) is 2.74. The Hall–Kier alpha value is -1.85. The quantitative estimate of drug-likeness (QED) is 0.546. The van der Waals surface area contributed by atoms with E-state index in [1.165, 1.54) is 0 Å². The Bertz CT molecular complexity index is 717. The van der Waals surface area contributed by atoms with Gasteiger partial charge in [0.2, 0.25) is 0 Å². The van der Waals surface area contributed by atoms with E-state index in [-0.39, 0.29) is 0 Å². The predicted molar refractivity (Wildman–Crippen MR) is 80.5 cm³/mol. The van der Waals surface area contributed by atoms with Crippen LogP contribution in [0.4, 0.5) is 5.69 Å². The zero-order valence-electron chi connectivity index (χ0n) is 10.2. The third kappa shape index (κ3) is 2.34. The molecule has 4 nitrogen and oxygen atoms in total. The van der Waals surface area contributed by atoms with Crippen LogP contribution in [0.15, 0.2) is 47.0 Å². The van der Waals surface area contributed by atoms with Gasteiger partial charge in [0, 0.05) is 18.6 Å². The van der Waals surface area contributed by atoms with Gasteiger partial charge in [-0.1, -0.05) is 29.8 Å². The molecule has 0 aliphatic heterocycles. The fourth-order valence-electron chi connectivity index (χ4n) is 1.74. The van der Waals surface area contributed by atoms with Crippen molar-refractivity contribution in [2.75, 3.05) is 12.1 Å². The van der Waals surface area contributed by atoms with Gasteiger partial charge in [0.1, 0.15) is 5.69 Å². The van der Waals surface area contributed by atoms with Crippen LogP contribution < -0.4 is 5.01 Å². The van der Waals surface area contributed by atoms with Crippen molar-refractivity contribution >= 4 is 39.8 Å². The molecule has 19 heavy (non-hydrogen) atoms. The minimum Gasteiger partial charge on any atom is -0.288 e. The molecule has 0 amide bonds. The summed E-state index contributed by atoms with van der Waals surface area (Å²) in [5, 5.41) is 8.63. The first-order chi connectivity index (χ1) is 9.25. The fraction of sp³-hybridized carbons (Fsp3) is 0.0769. The molecule has 0 N–H and O–H groups in total. The number of fused-ring (bicyclic) bond motifs is 1. The van der Waals surface area contributed by atoms with Gasteiger partial charge in [-0.15, -0.1) is 11.3 Å². The lowest BCUT2D eigenvalue weighted by atomic mass is 10.3. The number of anilines is 1. The summed E-state index contributed by atoms with van der Waals surface area (Å²) in [6.07, 6.45) is 3.66. The summed E-state index contributed by atoms with van der Waals surface area (Å²) in [5.41, 5.74) is 1.81. The second-order valence-electron chi connectivity index (χ2n) is 3.95. The first-order valence-electron chi connectivity index (χ1n) is 5.69. The van der Waals surface area contributed by atoms with Gasteiger partial charge < -0.3 is 0 Å². The van der Waals surface area contributed by atoms with Crippen molar-refractivity contribution in [2.24, 2.45) is 5.10 Å². The Morgan fingerprint density at radius 1 is 1.37 bits per heavy atom. The highest BCUT2D eigenvalue weighted by atomic mass is 35.5. The lowest BCUT2D eigenvalue weighted by Gasteiger charge is -2.11. The number of hydrazone groups is 1. The van der Waals surface area contributed by atoms with Gasteiger partial charge >= 0.3 is 0 Å². The lowest BCUT2D eigenvalue weighted by Crippen LogP contribution is -2.09. The molecule has 2 heterocycles. The van der Waals surface area contributed by atoms with Crippen LogP contribution in [0.25, 0.3) is 4.96 Å². The molecule has 0 fully saturated rings. The number of thiazole rings is 1. The molecule has 6 heteroatoms. The monoisotopic (exact) mass is 290 g/mol. The molecule has 0 atom stereocenters. The molecule has 0 spiro atoms. The van der Waals surface area contributed by atoms with Crippen LogP contribution in [-0.4, -0.2) is 22.6 Å². The largest absolute Gasteiger partial charge is 0.288 e. The highest BCUT2D eigenvalue weighted by Crippen LogP contribution is 2.20. The van der Waals surface area contributed by atoms with Crippen LogP contribution in [0.2, 0.25) is 5.15 Å². The highest BCUT2D eigenvalue weighted by Gasteiger charge is 2.09. The van der Waals surface area contributed by atoms with Crippen LogP contribution in [0.3, 0.4) is 0 Å². The lowest BCUT2D eigenvalue weighted by molar-refractivity contribution is 1.02. The number of benzene rings is 1. The summed E-state index contributed by atoms with van der Waals surface area (Å²) in [6.45, 7) is 0. The van der Waals surface area contributed by atoms with E-state index in [2.05, 4.69) is 10.1 Å². The van der Waals surface area contributed by atoms with E-state index in [9.17, 15) is 0 Å². The van der Waals surface area contributed by atoms with E-state index in [0.717, 1.165) is 16.3 Å². The second-order valence-corrected chi connectivity index (χ2v) is 5.18. The van der Waals surface area contributed by atoms with E-state index in [1.54, 1.807) is 22.6 Å². The molecule has 0 unspecified atom stereocenters. The standard InChI is InChI=1S/C13H11ClN4S/c1-17(10-5-3-2-4-6-10)15-9-11-12(14)16-13-18(11)7-8-19-13/h2-9H,1H3/b15-9+. The number of para-hydroxylation sites is 1. The molecular weight excluding hydrogens is 280 g/mol. The predicted octanol–water partition coefficient (Wildman–Crippen LogP) is 3.52. The van der Waals surface area contributed by atoms with Gasteiger partial charge in [0.15, 0.2) is 10.1 Å². The van der Waals surface area contributed by atoms with Gasteiger partial charge in [0.25, 0.3) is 0 Å². The summed E-state index contributed by atoms with van der Waals surface area (Å²) >= 11 is 7.65. The molecule has 0 aliphatic rings. The van der Waals surface area contributed by atoms with Crippen molar-refractivity contribution in [2.45, 2.75) is 0 Å². The van der Waals surface area contributed by atoms with Crippen LogP contribution in [0, 0.1) is 0 Å². The first-order valence-corrected chi connectivity index (χ1v) is 6.95. The topological polar surface area (TPSA) is 32.9 Å². The molecular formula is C13H11ClN4S. The third-order valence-corrected chi connectivity index (χ3v) is 3.77. The van der Waals surface area contributed by atoms with Crippen molar-refractivity contribution in [3.63, 3.8) is 0 Å². The van der Waals surface area contributed by atoms with E-state index in [1.807, 2.05) is 53.4 Å². The Morgan fingerprint density at radius 3 is 2.95 bits per heavy atom. The molecule has 0 radical (unpaired) electrons. The van der Waals surface area contributed by atoms with Crippen molar-refractivity contribution in [3.05, 3.63) is 52.8 Å². The smallest absolute Gasteiger partial charge is 0.195 e. The van der Waals surface area contributed by atoms with Crippen molar-refractivity contribution in [1.82, 2.24) is 9.38 Å². The maximum absolute atomic E-state index is 6.10. The number of nitrogens with zero attached hydrogens (tertiary/aromatic N) is 4. The Morgan fingerprint density at radius 2 is 2.16 bits per heavy atom. The second kappa shape index (κ2) is 5.03. The van der Waals surface area contributed by atoms with Crippen molar-refractivity contribution in [3.8, 4) is 0 Å². The van der Waals surface area contributed by atoms with Crippen molar-refractivity contribution in [1.29, 1.82) is 0 Å². The molecule has 3 rings (SSSR count). The van der Waals surface area contributed by atoms with Crippen LogP contribution >= 0.6 is 22.9 Å². The minimum absolute atomic E-state index is 0.470. The van der Waals surface area contributed by atoms with E-state index in [0.29, 0.717) is 5.15 Å². The summed E-state index contributed by atoms with van der Waals surface area (Å²) < 4.78 is 1.93. The van der Waals surface area contributed by atoms with Crippen LogP contribution in [-0.2, 0) is 0 Å². The summed E-state index contributed by atoms with van der Waals surface area (Å²) in [7, 11) is 1.89. The van der Waals surface area contributed by atoms with E-state index in [4.69, 9.17) is 11.6 Å². The number of halogens is 1. The minimum atomic E-state index is 0.470. The van der Waals surface area contributed by atoms with Gasteiger partial charge in [-0.3, -0.25) is 9.41 Å². The zero-order valence-corrected chi connectivity index (χ0v) is 11.8. The number of hydrogen-bond acceptors (Lipinski definition) is 4. The van der Waals surface area contributed by atoms with Crippen LogP contribution in [0.5, 0.6) is 0 Å². The zero-order chi connectivity index (χ0) is 13.2.